The predicted molar refractivity (Wildman–Crippen MR) is 97.9 cm³/mol. The first-order chi connectivity index (χ1) is 12.0. The Kier molecular flexibility index (Phi) is 5.79. The maximum Gasteiger partial charge on any atom is 0.251 e. The second-order valence-corrected chi connectivity index (χ2v) is 9.38. The molecule has 1 aliphatic carbocycles. The molecule has 6 heteroatoms. The van der Waals surface area contributed by atoms with Crippen LogP contribution in [0.5, 0.6) is 0 Å². The number of nitrogens with one attached hydrogen (secondary N) is 1. The van der Waals surface area contributed by atoms with Gasteiger partial charge in [0.2, 0.25) is 10.0 Å². The van der Waals surface area contributed by atoms with Crippen LogP contribution in [0.4, 0.5) is 0 Å². The van der Waals surface area contributed by atoms with Crippen LogP contribution in [0.15, 0.2) is 29.2 Å². The lowest BCUT2D eigenvalue weighted by Gasteiger charge is -2.30. The summed E-state index contributed by atoms with van der Waals surface area (Å²) in [6.07, 6.45) is 7.50. The van der Waals surface area contributed by atoms with E-state index in [1.54, 1.807) is 22.5 Å². The molecule has 25 heavy (non-hydrogen) atoms. The molecule has 1 aliphatic heterocycles. The van der Waals surface area contributed by atoms with Crippen molar-refractivity contribution in [3.8, 4) is 0 Å². The monoisotopic (exact) mass is 364 g/mol. The Balaban J connectivity index is 1.75. The third-order valence-electron chi connectivity index (χ3n) is 5.29. The van der Waals surface area contributed by atoms with Gasteiger partial charge in [0.1, 0.15) is 0 Å². The molecule has 1 amide bonds. The topological polar surface area (TPSA) is 66.5 Å². The summed E-state index contributed by atoms with van der Waals surface area (Å²) < 4.78 is 27.3. The van der Waals surface area contributed by atoms with Crippen molar-refractivity contribution < 1.29 is 13.2 Å². The van der Waals surface area contributed by atoms with Gasteiger partial charge in [-0.05, 0) is 49.8 Å². The molecular formula is C19H28N2O3S. The molecule has 0 bridgehead atoms. The van der Waals surface area contributed by atoms with Crippen molar-refractivity contribution in [2.75, 3.05) is 13.1 Å². The molecule has 0 aromatic heterocycles. The van der Waals surface area contributed by atoms with Crippen molar-refractivity contribution >= 4 is 15.9 Å². The Morgan fingerprint density at radius 2 is 1.88 bits per heavy atom. The molecule has 3 rings (SSSR count). The van der Waals surface area contributed by atoms with Crippen LogP contribution in [0, 0.1) is 5.92 Å². The first kappa shape index (κ1) is 18.4. The van der Waals surface area contributed by atoms with Crippen LogP contribution in [0.25, 0.3) is 0 Å². The highest BCUT2D eigenvalue weighted by atomic mass is 32.2. The molecule has 1 atom stereocenters. The Labute approximate surface area is 150 Å². The lowest BCUT2D eigenvalue weighted by atomic mass is 9.95. The fraction of sp³-hybridized carbons (Fsp3) is 0.632. The number of rotatable bonds is 4. The summed E-state index contributed by atoms with van der Waals surface area (Å²) in [5.74, 6) is 0.206. The van der Waals surface area contributed by atoms with Crippen LogP contribution in [0.2, 0.25) is 0 Å². The summed E-state index contributed by atoms with van der Waals surface area (Å²) in [4.78, 5) is 12.7. The molecular weight excluding hydrogens is 336 g/mol. The van der Waals surface area contributed by atoms with Gasteiger partial charge in [0, 0.05) is 24.7 Å². The Hall–Kier alpha value is -1.40. The Morgan fingerprint density at radius 3 is 2.60 bits per heavy atom. The average Bonchev–Trinajstić information content (AvgIpc) is 2.62. The van der Waals surface area contributed by atoms with Crippen LogP contribution in [-0.4, -0.2) is 37.8 Å². The lowest BCUT2D eigenvalue weighted by molar-refractivity contribution is 0.0927. The summed E-state index contributed by atoms with van der Waals surface area (Å²) in [6, 6.07) is 6.68. The van der Waals surface area contributed by atoms with Crippen LogP contribution in [0.3, 0.4) is 0 Å². The van der Waals surface area contributed by atoms with E-state index in [2.05, 4.69) is 12.2 Å². The van der Waals surface area contributed by atoms with Gasteiger partial charge in [-0.3, -0.25) is 4.79 Å². The summed E-state index contributed by atoms with van der Waals surface area (Å²) >= 11 is 0. The predicted octanol–water partition coefficient (Wildman–Crippen LogP) is 3.17. The number of hydrogen-bond acceptors (Lipinski definition) is 3. The van der Waals surface area contributed by atoms with E-state index in [9.17, 15) is 13.2 Å². The fourth-order valence-electron chi connectivity index (χ4n) is 3.83. The molecule has 1 aromatic carbocycles. The van der Waals surface area contributed by atoms with E-state index in [0.29, 0.717) is 24.6 Å². The number of benzene rings is 1. The molecule has 1 heterocycles. The van der Waals surface area contributed by atoms with E-state index >= 15 is 0 Å². The van der Waals surface area contributed by atoms with E-state index in [1.165, 1.54) is 12.5 Å². The van der Waals surface area contributed by atoms with Crippen molar-refractivity contribution in [1.82, 2.24) is 9.62 Å². The quantitative estimate of drug-likeness (QED) is 0.892. The lowest BCUT2D eigenvalue weighted by Crippen LogP contribution is -2.39. The molecule has 1 saturated heterocycles. The smallest absolute Gasteiger partial charge is 0.251 e. The van der Waals surface area contributed by atoms with Gasteiger partial charge < -0.3 is 5.32 Å². The maximum atomic E-state index is 12.9. The molecule has 2 fully saturated rings. The molecule has 2 aliphatic rings. The number of hydrogen-bond donors (Lipinski definition) is 1. The zero-order chi connectivity index (χ0) is 17.9. The first-order valence-electron chi connectivity index (χ1n) is 9.38. The molecule has 1 aromatic rings. The minimum atomic E-state index is -3.53. The SMILES string of the molecule is CC1CCCN(S(=O)(=O)c2cccc(C(=O)NC3CCCCC3)c2)C1. The van der Waals surface area contributed by atoms with Gasteiger partial charge in [0.05, 0.1) is 4.90 Å². The van der Waals surface area contributed by atoms with Crippen molar-refractivity contribution in [3.63, 3.8) is 0 Å². The highest BCUT2D eigenvalue weighted by Gasteiger charge is 2.29. The van der Waals surface area contributed by atoms with E-state index in [4.69, 9.17) is 0 Å². The highest BCUT2D eigenvalue weighted by molar-refractivity contribution is 7.89. The number of sulfonamides is 1. The number of nitrogens with zero attached hydrogens (tertiary/aromatic N) is 1. The number of amides is 1. The van der Waals surface area contributed by atoms with Crippen LogP contribution >= 0.6 is 0 Å². The zero-order valence-corrected chi connectivity index (χ0v) is 15.7. The summed E-state index contributed by atoms with van der Waals surface area (Å²) in [5.41, 5.74) is 0.428. The van der Waals surface area contributed by atoms with Gasteiger partial charge in [0.15, 0.2) is 0 Å². The van der Waals surface area contributed by atoms with Crippen molar-refractivity contribution in [2.45, 2.75) is 62.8 Å². The summed E-state index contributed by atoms with van der Waals surface area (Å²) in [7, 11) is -3.53. The van der Waals surface area contributed by atoms with E-state index < -0.39 is 10.0 Å². The third-order valence-corrected chi connectivity index (χ3v) is 7.16. The molecule has 5 nitrogen and oxygen atoms in total. The van der Waals surface area contributed by atoms with Gasteiger partial charge in [-0.1, -0.05) is 32.3 Å². The molecule has 1 unspecified atom stereocenters. The largest absolute Gasteiger partial charge is 0.349 e. The van der Waals surface area contributed by atoms with Crippen LogP contribution in [0.1, 0.15) is 62.2 Å². The zero-order valence-electron chi connectivity index (χ0n) is 14.9. The van der Waals surface area contributed by atoms with E-state index in [1.807, 2.05) is 0 Å². The molecule has 1 N–H and O–H groups in total. The molecule has 1 saturated carbocycles. The normalized spacial score (nSPS) is 23.3. The first-order valence-corrected chi connectivity index (χ1v) is 10.8. The van der Waals surface area contributed by atoms with Gasteiger partial charge in [0.25, 0.3) is 5.91 Å². The molecule has 0 spiro atoms. The van der Waals surface area contributed by atoms with Gasteiger partial charge >= 0.3 is 0 Å². The van der Waals surface area contributed by atoms with Crippen LogP contribution in [-0.2, 0) is 10.0 Å². The number of carbonyl (C=O) groups excluding carboxylic acids is 1. The minimum absolute atomic E-state index is 0.170. The molecule has 138 valence electrons. The summed E-state index contributed by atoms with van der Waals surface area (Å²) in [5, 5.41) is 3.05. The van der Waals surface area contributed by atoms with Gasteiger partial charge in [-0.2, -0.15) is 4.31 Å². The Bertz CT molecular complexity index is 711. The van der Waals surface area contributed by atoms with Crippen molar-refractivity contribution in [2.24, 2.45) is 5.92 Å². The minimum Gasteiger partial charge on any atom is -0.349 e. The Morgan fingerprint density at radius 1 is 1.12 bits per heavy atom. The summed E-state index contributed by atoms with van der Waals surface area (Å²) in [6.45, 7) is 3.20. The van der Waals surface area contributed by atoms with Crippen molar-refractivity contribution in [3.05, 3.63) is 29.8 Å². The number of carbonyl (C=O) groups is 1. The number of piperidine rings is 1. The van der Waals surface area contributed by atoms with E-state index in [0.717, 1.165) is 38.5 Å². The maximum absolute atomic E-state index is 12.9. The van der Waals surface area contributed by atoms with Gasteiger partial charge in [-0.15, -0.1) is 0 Å². The molecule has 0 radical (unpaired) electrons. The second-order valence-electron chi connectivity index (χ2n) is 7.45. The third kappa shape index (κ3) is 4.42. The average molecular weight is 365 g/mol. The van der Waals surface area contributed by atoms with E-state index in [-0.39, 0.29) is 16.8 Å². The second kappa shape index (κ2) is 7.87. The van der Waals surface area contributed by atoms with Gasteiger partial charge in [-0.25, -0.2) is 8.42 Å². The van der Waals surface area contributed by atoms with Crippen LogP contribution < -0.4 is 5.32 Å². The highest BCUT2D eigenvalue weighted by Crippen LogP contribution is 2.24. The van der Waals surface area contributed by atoms with Crippen molar-refractivity contribution in [1.29, 1.82) is 0 Å². The standard InChI is InChI=1S/C19H28N2O3S/c1-15-7-6-12-21(14-15)25(23,24)18-11-5-8-16(13-18)19(22)20-17-9-3-2-4-10-17/h5,8,11,13,15,17H,2-4,6-7,9-10,12,14H2,1H3,(H,20,22). The fourth-order valence-corrected chi connectivity index (χ4v) is 5.47.